The molecule has 2 rings (SSSR count). The van der Waals surface area contributed by atoms with Crippen LogP contribution in [0.4, 0.5) is 4.79 Å². The summed E-state index contributed by atoms with van der Waals surface area (Å²) in [5.74, 6) is -4.52. The molecule has 1 saturated heterocycles. The summed E-state index contributed by atoms with van der Waals surface area (Å²) in [4.78, 5) is 62.8. The molecule has 14 heteroatoms. The highest BCUT2D eigenvalue weighted by Crippen LogP contribution is 2.49. The minimum atomic E-state index is -2.16. The van der Waals surface area contributed by atoms with E-state index in [1.165, 1.54) is 6.92 Å². The van der Waals surface area contributed by atoms with Crippen LogP contribution in [0, 0.1) is 0 Å². The molecule has 0 aromatic carbocycles. The van der Waals surface area contributed by atoms with Crippen LogP contribution < -0.4 is 5.73 Å². The van der Waals surface area contributed by atoms with Crippen molar-refractivity contribution < 1.29 is 48.8 Å². The Morgan fingerprint density at radius 1 is 1.34 bits per heavy atom. The zero-order chi connectivity index (χ0) is 24.2. The third kappa shape index (κ3) is 4.30. The van der Waals surface area contributed by atoms with E-state index in [1.54, 1.807) is 0 Å². The van der Waals surface area contributed by atoms with Crippen molar-refractivity contribution in [1.29, 1.82) is 0 Å². The molecule has 0 spiro atoms. The topological polar surface area (TPSA) is 197 Å². The van der Waals surface area contributed by atoms with Crippen LogP contribution in [-0.4, -0.2) is 98.2 Å². The Morgan fingerprint density at radius 2 is 2.00 bits per heavy atom. The third-order valence-corrected chi connectivity index (χ3v) is 6.41. The lowest BCUT2D eigenvalue weighted by Gasteiger charge is -2.58. The molecule has 3 amide bonds. The van der Waals surface area contributed by atoms with E-state index < -0.39 is 59.3 Å². The van der Waals surface area contributed by atoms with E-state index in [2.05, 4.69) is 0 Å². The van der Waals surface area contributed by atoms with Crippen molar-refractivity contribution in [2.45, 2.75) is 43.3 Å². The number of aliphatic hydroxyl groups is 1. The van der Waals surface area contributed by atoms with Gasteiger partial charge in [0.05, 0.1) is 13.2 Å². The van der Waals surface area contributed by atoms with E-state index in [4.69, 9.17) is 20.3 Å². The summed E-state index contributed by atoms with van der Waals surface area (Å²) in [6.45, 7) is 0.793. The lowest BCUT2D eigenvalue weighted by atomic mass is 9.95. The molecule has 178 valence electrons. The van der Waals surface area contributed by atoms with Gasteiger partial charge in [-0.3, -0.25) is 19.3 Å². The predicted octanol–water partition coefficient (Wildman–Crippen LogP) is -0.857. The van der Waals surface area contributed by atoms with Crippen LogP contribution in [0.3, 0.4) is 0 Å². The van der Waals surface area contributed by atoms with Crippen molar-refractivity contribution in [3.05, 3.63) is 11.3 Å². The lowest BCUT2D eigenvalue weighted by Crippen LogP contribution is -2.82. The van der Waals surface area contributed by atoms with E-state index in [-0.39, 0.29) is 37.2 Å². The number of imide groups is 1. The summed E-state index contributed by atoms with van der Waals surface area (Å²) in [7, 11) is 1.10. The monoisotopic (exact) mass is 475 g/mol. The van der Waals surface area contributed by atoms with Gasteiger partial charge in [-0.2, -0.15) is 0 Å². The quantitative estimate of drug-likeness (QED) is 0.226. The molecular weight excluding hydrogens is 450 g/mol. The first-order valence-corrected chi connectivity index (χ1v) is 10.7. The third-order valence-electron chi connectivity index (χ3n) is 5.05. The first-order valence-electron chi connectivity index (χ1n) is 9.63. The first-order chi connectivity index (χ1) is 15.1. The summed E-state index contributed by atoms with van der Waals surface area (Å²) >= 11 is 1.02. The number of nitrogens with two attached hydrogens (primary N) is 1. The normalized spacial score (nSPS) is 23.2. The fraction of sp³-hybridized carbons (Fsp3) is 0.611. The molecule has 2 aliphatic heterocycles. The maximum Gasteiger partial charge on any atom is 0.419 e. The van der Waals surface area contributed by atoms with Gasteiger partial charge >= 0.3 is 18.0 Å². The van der Waals surface area contributed by atoms with Crippen LogP contribution in [0.25, 0.3) is 0 Å². The highest BCUT2D eigenvalue weighted by atomic mass is 32.2. The number of rotatable bonds is 10. The number of nitrogens with zero attached hydrogens (tertiary/aromatic N) is 2. The van der Waals surface area contributed by atoms with E-state index in [9.17, 15) is 34.2 Å². The second-order valence-electron chi connectivity index (χ2n) is 6.92. The number of carboxylic acids is 2. The van der Waals surface area contributed by atoms with Crippen LogP contribution >= 0.6 is 11.8 Å². The van der Waals surface area contributed by atoms with Gasteiger partial charge in [0.1, 0.15) is 17.1 Å². The molecule has 13 nitrogen and oxygen atoms in total. The molecule has 0 aliphatic carbocycles. The smallest absolute Gasteiger partial charge is 0.419 e. The second-order valence-corrected chi connectivity index (χ2v) is 7.99. The van der Waals surface area contributed by atoms with Gasteiger partial charge in [0.25, 0.3) is 11.6 Å². The zero-order valence-electron chi connectivity index (χ0n) is 17.5. The van der Waals surface area contributed by atoms with Crippen molar-refractivity contribution in [2.24, 2.45) is 5.73 Å². The van der Waals surface area contributed by atoms with Crippen LogP contribution in [0.2, 0.25) is 0 Å². The number of aliphatic hydroxyl groups excluding tert-OH is 1. The lowest BCUT2D eigenvalue weighted by molar-refractivity contribution is -0.217. The Labute approximate surface area is 187 Å². The largest absolute Gasteiger partial charge is 0.480 e. The Morgan fingerprint density at radius 3 is 2.50 bits per heavy atom. The number of β-lactam (4-membered cyclic amide) rings is 1. The summed E-state index contributed by atoms with van der Waals surface area (Å²) in [5, 5.41) is 26.8. The van der Waals surface area contributed by atoms with Crippen LogP contribution in [0.1, 0.15) is 26.2 Å². The number of carbonyl (C=O) groups excluding carboxylic acids is 3. The Hall–Kier alpha value is -2.68. The molecule has 32 heavy (non-hydrogen) atoms. The Bertz CT molecular complexity index is 847. The molecule has 0 bridgehead atoms. The SMILES string of the molecule is CCOC(=O)N(C(=O)CCCC(N)C(=O)O)C1(OC)C(=O)N2C(C(=O)O)=C(CO)CS[C@H]21. The molecule has 0 aromatic heterocycles. The first kappa shape index (κ1) is 25.6. The van der Waals surface area contributed by atoms with Crippen LogP contribution in [-0.2, 0) is 28.7 Å². The molecule has 0 aromatic rings. The molecule has 3 atom stereocenters. The average molecular weight is 475 g/mol. The number of amides is 3. The van der Waals surface area contributed by atoms with E-state index in [0.717, 1.165) is 23.8 Å². The number of fused-ring (bicyclic) bond motifs is 1. The van der Waals surface area contributed by atoms with Crippen molar-refractivity contribution in [1.82, 2.24) is 9.80 Å². The number of carboxylic acid groups (broad SMARTS) is 2. The van der Waals surface area contributed by atoms with Gasteiger partial charge in [-0.15, -0.1) is 11.8 Å². The zero-order valence-corrected chi connectivity index (χ0v) is 18.3. The minimum Gasteiger partial charge on any atom is -0.480 e. The molecule has 1 fully saturated rings. The molecule has 0 radical (unpaired) electrons. The van der Waals surface area contributed by atoms with Crippen molar-refractivity contribution >= 4 is 41.6 Å². The van der Waals surface area contributed by atoms with E-state index in [1.807, 2.05) is 0 Å². The standard InChI is InChI=1S/C18H25N3O10S/c1-3-31-17(29)21(11(23)6-4-5-10(19)13(24)25)18(30-2)15(28)20-12(14(26)27)9(7-22)8-32-16(18)20/h10,16,22H,3-8,19H2,1-2H3,(H,24,25)(H,26,27)/t10?,16-,18?/m0/s1. The van der Waals surface area contributed by atoms with Gasteiger partial charge in [0, 0.05) is 19.3 Å². The minimum absolute atomic E-state index is 0.00660. The maximum absolute atomic E-state index is 13.2. The number of hydrogen-bond acceptors (Lipinski definition) is 10. The van der Waals surface area contributed by atoms with Gasteiger partial charge in [-0.05, 0) is 25.3 Å². The van der Waals surface area contributed by atoms with Gasteiger partial charge in [-0.1, -0.05) is 0 Å². The molecular formula is C18H25N3O10S. The van der Waals surface area contributed by atoms with Crippen LogP contribution in [0.5, 0.6) is 0 Å². The summed E-state index contributed by atoms with van der Waals surface area (Å²) in [5.41, 5.74) is 2.94. The predicted molar refractivity (Wildman–Crippen MR) is 108 cm³/mol. The van der Waals surface area contributed by atoms with E-state index in [0.29, 0.717) is 4.90 Å². The number of carbonyl (C=O) groups is 5. The number of methoxy groups -OCH3 is 1. The van der Waals surface area contributed by atoms with Crippen molar-refractivity contribution in [2.75, 3.05) is 26.1 Å². The molecule has 2 unspecified atom stereocenters. The highest BCUT2D eigenvalue weighted by Gasteiger charge is 2.71. The van der Waals surface area contributed by atoms with Crippen molar-refractivity contribution in [3.8, 4) is 0 Å². The number of hydrogen-bond donors (Lipinski definition) is 4. The summed E-state index contributed by atoms with van der Waals surface area (Å²) in [6.07, 6.45) is -1.54. The summed E-state index contributed by atoms with van der Waals surface area (Å²) < 4.78 is 10.3. The highest BCUT2D eigenvalue weighted by molar-refractivity contribution is 8.00. The fourth-order valence-corrected chi connectivity index (χ4v) is 4.96. The molecule has 2 heterocycles. The van der Waals surface area contributed by atoms with E-state index >= 15 is 0 Å². The molecule has 5 N–H and O–H groups in total. The number of aliphatic carboxylic acids is 2. The second kappa shape index (κ2) is 10.3. The fourth-order valence-electron chi connectivity index (χ4n) is 3.50. The van der Waals surface area contributed by atoms with Gasteiger partial charge in [0.2, 0.25) is 5.91 Å². The Kier molecular flexibility index (Phi) is 8.23. The average Bonchev–Trinajstić information content (AvgIpc) is 2.75. The molecule has 0 saturated carbocycles. The van der Waals surface area contributed by atoms with Gasteiger partial charge < -0.3 is 30.5 Å². The summed E-state index contributed by atoms with van der Waals surface area (Å²) in [6, 6.07) is -1.20. The van der Waals surface area contributed by atoms with Gasteiger partial charge in [0.15, 0.2) is 0 Å². The van der Waals surface area contributed by atoms with Crippen molar-refractivity contribution in [3.63, 3.8) is 0 Å². The number of ether oxygens (including phenoxy) is 2. The Balaban J connectivity index is 2.38. The van der Waals surface area contributed by atoms with Crippen LogP contribution in [0.15, 0.2) is 11.3 Å². The molecule has 2 aliphatic rings. The van der Waals surface area contributed by atoms with Gasteiger partial charge in [-0.25, -0.2) is 14.5 Å². The number of thioether (sulfide) groups is 1. The maximum atomic E-state index is 13.2.